The highest BCUT2D eigenvalue weighted by Crippen LogP contribution is 2.12. The molecule has 0 spiro atoms. The molecule has 0 aliphatic heterocycles. The summed E-state index contributed by atoms with van der Waals surface area (Å²) in [6.45, 7) is 15.7. The minimum atomic E-state index is -0.861. The van der Waals surface area contributed by atoms with Gasteiger partial charge >= 0.3 is 5.97 Å². The van der Waals surface area contributed by atoms with Crippen molar-refractivity contribution in [3.05, 3.63) is 0 Å². The minimum absolute atomic E-state index is 0.544. The van der Waals surface area contributed by atoms with Crippen LogP contribution in [0.25, 0.3) is 0 Å². The summed E-state index contributed by atoms with van der Waals surface area (Å²) in [6, 6.07) is 0. The molecule has 1 atom stereocenters. The molecule has 0 fully saturated rings. The van der Waals surface area contributed by atoms with Crippen LogP contribution >= 0.6 is 0 Å². The molecule has 4 heteroatoms. The third-order valence-electron chi connectivity index (χ3n) is 3.02. The monoisotopic (exact) mass is 272 g/mol. The van der Waals surface area contributed by atoms with Gasteiger partial charge in [-0.05, 0) is 31.7 Å². The van der Waals surface area contributed by atoms with Gasteiger partial charge in [0.15, 0.2) is 0 Å². The van der Waals surface area contributed by atoms with E-state index >= 15 is 0 Å². The second-order valence-corrected chi connectivity index (χ2v) is 6.55. The van der Waals surface area contributed by atoms with Crippen LogP contribution in [-0.4, -0.2) is 47.7 Å². The van der Waals surface area contributed by atoms with Crippen molar-refractivity contribution in [3.63, 3.8) is 0 Å². The largest absolute Gasteiger partial charge is 0.480 e. The fourth-order valence-electron chi connectivity index (χ4n) is 2.28. The minimum Gasteiger partial charge on any atom is -0.480 e. The molecule has 0 saturated carbocycles. The first kappa shape index (κ1) is 18.4. The van der Waals surface area contributed by atoms with Crippen molar-refractivity contribution in [3.8, 4) is 0 Å². The van der Waals surface area contributed by atoms with Crippen LogP contribution in [0.15, 0.2) is 0 Å². The molecule has 2 N–H and O–H groups in total. The van der Waals surface area contributed by atoms with Gasteiger partial charge < -0.3 is 15.3 Å². The average molecular weight is 272 g/mol. The number of rotatable bonds is 10. The molecule has 0 aromatic carbocycles. The summed E-state index contributed by atoms with van der Waals surface area (Å²) in [6.07, 6.45) is 0.942. The van der Waals surface area contributed by atoms with Crippen molar-refractivity contribution in [2.24, 2.45) is 11.8 Å². The lowest BCUT2D eigenvalue weighted by Crippen LogP contribution is -2.57. The van der Waals surface area contributed by atoms with Crippen molar-refractivity contribution in [1.29, 1.82) is 0 Å². The Labute approximate surface area is 118 Å². The zero-order valence-corrected chi connectivity index (χ0v) is 13.5. The Morgan fingerprint density at radius 3 is 2.00 bits per heavy atom. The van der Waals surface area contributed by atoms with E-state index in [2.05, 4.69) is 44.8 Å². The van der Waals surface area contributed by atoms with Gasteiger partial charge in [0, 0.05) is 19.6 Å². The van der Waals surface area contributed by atoms with E-state index in [1.807, 2.05) is 0 Å². The number of carbonyl (C=O) groups is 1. The lowest BCUT2D eigenvalue weighted by Gasteiger charge is -2.35. The van der Waals surface area contributed by atoms with Crippen LogP contribution in [-0.2, 0) is 4.79 Å². The summed E-state index contributed by atoms with van der Waals surface area (Å²) in [7, 11) is 0. The number of aliphatic carboxylic acids is 1. The van der Waals surface area contributed by atoms with Crippen LogP contribution in [0.1, 0.15) is 48.0 Å². The molecule has 4 nitrogen and oxygen atoms in total. The number of hydrogen-bond acceptors (Lipinski definition) is 3. The Morgan fingerprint density at radius 2 is 1.68 bits per heavy atom. The van der Waals surface area contributed by atoms with Crippen LogP contribution in [0, 0.1) is 11.8 Å². The third kappa shape index (κ3) is 7.53. The Morgan fingerprint density at radius 1 is 1.21 bits per heavy atom. The Kier molecular flexibility index (Phi) is 8.26. The number of carboxylic acids is 1. The van der Waals surface area contributed by atoms with Gasteiger partial charge in [0.1, 0.15) is 5.54 Å². The van der Waals surface area contributed by atoms with Gasteiger partial charge in [0.05, 0.1) is 0 Å². The molecular weight excluding hydrogens is 240 g/mol. The van der Waals surface area contributed by atoms with Gasteiger partial charge in [-0.25, -0.2) is 0 Å². The van der Waals surface area contributed by atoms with E-state index in [1.165, 1.54) is 0 Å². The van der Waals surface area contributed by atoms with Gasteiger partial charge in [-0.2, -0.15) is 0 Å². The normalized spacial score (nSPS) is 15.2. The average Bonchev–Trinajstić information content (AvgIpc) is 2.24. The fourth-order valence-corrected chi connectivity index (χ4v) is 2.28. The Balaban J connectivity index is 4.76. The van der Waals surface area contributed by atoms with Crippen LogP contribution < -0.4 is 5.32 Å². The third-order valence-corrected chi connectivity index (χ3v) is 3.02. The topological polar surface area (TPSA) is 52.6 Å². The van der Waals surface area contributed by atoms with E-state index in [4.69, 9.17) is 0 Å². The van der Waals surface area contributed by atoms with E-state index in [0.29, 0.717) is 18.4 Å². The molecule has 0 saturated heterocycles. The lowest BCUT2D eigenvalue weighted by molar-refractivity contribution is -0.145. The molecule has 0 bridgehead atoms. The molecule has 0 aromatic rings. The first-order valence-electron chi connectivity index (χ1n) is 7.42. The fraction of sp³-hybridized carbons (Fsp3) is 0.933. The number of hydrogen-bond donors (Lipinski definition) is 2. The second-order valence-electron chi connectivity index (χ2n) is 6.55. The smallest absolute Gasteiger partial charge is 0.324 e. The first-order chi connectivity index (χ1) is 8.71. The van der Waals surface area contributed by atoms with Gasteiger partial charge in [-0.1, -0.05) is 34.6 Å². The van der Waals surface area contributed by atoms with Gasteiger partial charge in [0.25, 0.3) is 0 Å². The quantitative estimate of drug-likeness (QED) is 0.641. The molecule has 0 aliphatic rings. The molecule has 0 amide bonds. The first-order valence-corrected chi connectivity index (χ1v) is 7.42. The van der Waals surface area contributed by atoms with Crippen molar-refractivity contribution in [1.82, 2.24) is 10.2 Å². The molecule has 19 heavy (non-hydrogen) atoms. The second kappa shape index (κ2) is 8.54. The van der Waals surface area contributed by atoms with E-state index in [1.54, 1.807) is 6.92 Å². The van der Waals surface area contributed by atoms with Gasteiger partial charge in [-0.3, -0.25) is 4.79 Å². The maximum absolute atomic E-state index is 11.5. The number of carboxylic acid groups (broad SMARTS) is 1. The molecular formula is C15H32N2O2. The molecule has 0 aromatic heterocycles. The van der Waals surface area contributed by atoms with E-state index in [0.717, 1.165) is 26.1 Å². The number of nitrogens with zero attached hydrogens (tertiary/aromatic N) is 1. The maximum atomic E-state index is 11.5. The summed E-state index contributed by atoms with van der Waals surface area (Å²) in [5.74, 6) is 0.324. The SMILES string of the molecule is CCCNC(C)(CN(CC(C)C)CC(C)C)C(=O)O. The standard InChI is InChI=1S/C15H32N2O2/c1-7-8-16-15(6,14(18)19)11-17(9-12(2)3)10-13(4)5/h12-13,16H,7-11H2,1-6H3,(H,18,19). The lowest BCUT2D eigenvalue weighted by atomic mass is 10.00. The van der Waals surface area contributed by atoms with Crippen LogP contribution in [0.5, 0.6) is 0 Å². The van der Waals surface area contributed by atoms with Crippen LogP contribution in [0.2, 0.25) is 0 Å². The molecule has 1 unspecified atom stereocenters. The van der Waals surface area contributed by atoms with E-state index < -0.39 is 11.5 Å². The highest BCUT2D eigenvalue weighted by atomic mass is 16.4. The Hall–Kier alpha value is -0.610. The van der Waals surface area contributed by atoms with Crippen molar-refractivity contribution >= 4 is 5.97 Å². The van der Waals surface area contributed by atoms with Gasteiger partial charge in [0.2, 0.25) is 0 Å². The molecule has 0 rings (SSSR count). The predicted molar refractivity (Wildman–Crippen MR) is 80.5 cm³/mol. The van der Waals surface area contributed by atoms with Crippen LogP contribution in [0.3, 0.4) is 0 Å². The van der Waals surface area contributed by atoms with Crippen molar-refractivity contribution in [2.75, 3.05) is 26.2 Å². The summed E-state index contributed by atoms with van der Waals surface area (Å²) < 4.78 is 0. The highest BCUT2D eigenvalue weighted by molar-refractivity contribution is 5.78. The Bertz CT molecular complexity index is 257. The maximum Gasteiger partial charge on any atom is 0.324 e. The zero-order chi connectivity index (χ0) is 15.1. The van der Waals surface area contributed by atoms with Crippen molar-refractivity contribution in [2.45, 2.75) is 53.5 Å². The van der Waals surface area contributed by atoms with Gasteiger partial charge in [-0.15, -0.1) is 0 Å². The summed E-state index contributed by atoms with van der Waals surface area (Å²) in [5, 5.41) is 12.7. The van der Waals surface area contributed by atoms with Crippen molar-refractivity contribution < 1.29 is 9.90 Å². The molecule has 0 radical (unpaired) electrons. The van der Waals surface area contributed by atoms with E-state index in [-0.39, 0.29) is 0 Å². The summed E-state index contributed by atoms with van der Waals surface area (Å²) >= 11 is 0. The number of nitrogens with one attached hydrogen (secondary N) is 1. The molecule has 0 aliphatic carbocycles. The summed E-state index contributed by atoms with van der Waals surface area (Å²) in [4.78, 5) is 13.8. The summed E-state index contributed by atoms with van der Waals surface area (Å²) in [5.41, 5.74) is -0.861. The predicted octanol–water partition coefficient (Wildman–Crippen LogP) is 2.44. The zero-order valence-electron chi connectivity index (χ0n) is 13.5. The van der Waals surface area contributed by atoms with Crippen LogP contribution in [0.4, 0.5) is 0 Å². The molecule has 114 valence electrons. The molecule has 0 heterocycles. The van der Waals surface area contributed by atoms with E-state index in [9.17, 15) is 9.90 Å². The highest BCUT2D eigenvalue weighted by Gasteiger charge is 2.34.